The summed E-state index contributed by atoms with van der Waals surface area (Å²) in [6.07, 6.45) is 4.58. The number of rotatable bonds is 6. The fourth-order valence-electron chi connectivity index (χ4n) is 2.04. The van der Waals surface area contributed by atoms with Crippen LogP contribution in [0, 0.1) is 0 Å². The first-order valence-corrected chi connectivity index (χ1v) is 6.44. The lowest BCUT2D eigenvalue weighted by atomic mass is 10.1. The standard InChI is InChI=1S/C12H23N3O2/c1-10-12(17)14-8-9-15(10)11(16)6-4-2-3-5-7-13/h10H,2-9,13H2,1H3,(H,14,17). The molecule has 0 aromatic rings. The van der Waals surface area contributed by atoms with Crippen LogP contribution in [-0.2, 0) is 9.59 Å². The Kier molecular flexibility index (Phi) is 5.97. The highest BCUT2D eigenvalue weighted by atomic mass is 16.2. The zero-order valence-electron chi connectivity index (χ0n) is 10.6. The second kappa shape index (κ2) is 7.27. The minimum absolute atomic E-state index is 0.0484. The first-order chi connectivity index (χ1) is 8.16. The molecule has 0 saturated carbocycles. The Morgan fingerprint density at radius 2 is 2.12 bits per heavy atom. The number of unbranched alkanes of at least 4 members (excludes halogenated alkanes) is 3. The lowest BCUT2D eigenvalue weighted by molar-refractivity contribution is -0.142. The molecule has 0 aliphatic carbocycles. The van der Waals surface area contributed by atoms with Crippen LogP contribution < -0.4 is 11.1 Å². The molecule has 98 valence electrons. The molecule has 0 spiro atoms. The molecule has 17 heavy (non-hydrogen) atoms. The summed E-state index contributed by atoms with van der Waals surface area (Å²) in [5, 5.41) is 2.75. The molecule has 0 radical (unpaired) electrons. The molecule has 1 aliphatic rings. The van der Waals surface area contributed by atoms with Crippen molar-refractivity contribution < 1.29 is 9.59 Å². The maximum atomic E-state index is 11.9. The van der Waals surface area contributed by atoms with E-state index in [1.54, 1.807) is 11.8 Å². The number of piperazine rings is 1. The van der Waals surface area contributed by atoms with E-state index >= 15 is 0 Å². The van der Waals surface area contributed by atoms with Gasteiger partial charge in [0.05, 0.1) is 0 Å². The fourth-order valence-corrected chi connectivity index (χ4v) is 2.04. The summed E-state index contributed by atoms with van der Waals surface area (Å²) in [4.78, 5) is 25.0. The van der Waals surface area contributed by atoms with Crippen molar-refractivity contribution in [1.82, 2.24) is 10.2 Å². The normalized spacial score (nSPS) is 20.2. The highest BCUT2D eigenvalue weighted by Crippen LogP contribution is 2.10. The van der Waals surface area contributed by atoms with Crippen molar-refractivity contribution >= 4 is 11.8 Å². The van der Waals surface area contributed by atoms with E-state index in [0.29, 0.717) is 19.5 Å². The molecule has 1 heterocycles. The second-order valence-corrected chi connectivity index (χ2v) is 4.51. The first-order valence-electron chi connectivity index (χ1n) is 6.44. The van der Waals surface area contributed by atoms with Gasteiger partial charge in [-0.15, -0.1) is 0 Å². The van der Waals surface area contributed by atoms with Crippen molar-refractivity contribution in [2.24, 2.45) is 5.73 Å². The third-order valence-corrected chi connectivity index (χ3v) is 3.16. The monoisotopic (exact) mass is 241 g/mol. The van der Waals surface area contributed by atoms with Crippen LogP contribution in [0.3, 0.4) is 0 Å². The van der Waals surface area contributed by atoms with Crippen LogP contribution in [0.25, 0.3) is 0 Å². The van der Waals surface area contributed by atoms with Crippen LogP contribution in [0.5, 0.6) is 0 Å². The van der Waals surface area contributed by atoms with Crippen LogP contribution in [0.4, 0.5) is 0 Å². The Bertz CT molecular complexity index is 268. The number of nitrogens with one attached hydrogen (secondary N) is 1. The molecule has 1 rings (SSSR count). The van der Waals surface area contributed by atoms with Gasteiger partial charge < -0.3 is 16.0 Å². The highest BCUT2D eigenvalue weighted by molar-refractivity contribution is 5.88. The molecular formula is C12H23N3O2. The number of nitrogens with zero attached hydrogens (tertiary/aromatic N) is 1. The SMILES string of the molecule is CC1C(=O)NCCN1C(=O)CCCCCCN. The van der Waals surface area contributed by atoms with Crippen molar-refractivity contribution in [3.05, 3.63) is 0 Å². The van der Waals surface area contributed by atoms with Crippen LogP contribution in [0.15, 0.2) is 0 Å². The highest BCUT2D eigenvalue weighted by Gasteiger charge is 2.28. The Hall–Kier alpha value is -1.10. The number of hydrogen-bond acceptors (Lipinski definition) is 3. The summed E-state index contributed by atoms with van der Waals surface area (Å²) >= 11 is 0. The minimum atomic E-state index is -0.319. The predicted molar refractivity (Wildman–Crippen MR) is 66.3 cm³/mol. The summed E-state index contributed by atoms with van der Waals surface area (Å²) in [6.45, 7) is 3.70. The summed E-state index contributed by atoms with van der Waals surface area (Å²) in [5.41, 5.74) is 5.40. The van der Waals surface area contributed by atoms with Crippen LogP contribution in [-0.4, -0.2) is 42.4 Å². The molecule has 1 fully saturated rings. The van der Waals surface area contributed by atoms with Crippen LogP contribution >= 0.6 is 0 Å². The fraction of sp³-hybridized carbons (Fsp3) is 0.833. The molecule has 1 unspecified atom stereocenters. The average molecular weight is 241 g/mol. The average Bonchev–Trinajstić information content (AvgIpc) is 2.32. The van der Waals surface area contributed by atoms with E-state index in [9.17, 15) is 9.59 Å². The predicted octanol–water partition coefficient (Wildman–Crippen LogP) is 0.243. The molecule has 1 aliphatic heterocycles. The van der Waals surface area contributed by atoms with Gasteiger partial charge in [0.1, 0.15) is 6.04 Å². The van der Waals surface area contributed by atoms with E-state index < -0.39 is 0 Å². The van der Waals surface area contributed by atoms with Gasteiger partial charge in [0.15, 0.2) is 0 Å². The van der Waals surface area contributed by atoms with Gasteiger partial charge in [-0.25, -0.2) is 0 Å². The zero-order chi connectivity index (χ0) is 12.7. The largest absolute Gasteiger partial charge is 0.353 e. The molecule has 1 atom stereocenters. The van der Waals surface area contributed by atoms with E-state index in [1.165, 1.54) is 0 Å². The lowest BCUT2D eigenvalue weighted by Gasteiger charge is -2.32. The van der Waals surface area contributed by atoms with Crippen molar-refractivity contribution in [1.29, 1.82) is 0 Å². The molecule has 0 aromatic carbocycles. The van der Waals surface area contributed by atoms with Gasteiger partial charge >= 0.3 is 0 Å². The van der Waals surface area contributed by atoms with Crippen LogP contribution in [0.1, 0.15) is 39.0 Å². The summed E-state index contributed by atoms with van der Waals surface area (Å²) in [7, 11) is 0. The Balaban J connectivity index is 2.24. The van der Waals surface area contributed by atoms with E-state index in [-0.39, 0.29) is 17.9 Å². The third-order valence-electron chi connectivity index (χ3n) is 3.16. The van der Waals surface area contributed by atoms with E-state index in [2.05, 4.69) is 5.32 Å². The maximum Gasteiger partial charge on any atom is 0.242 e. The van der Waals surface area contributed by atoms with Gasteiger partial charge in [0.25, 0.3) is 0 Å². The lowest BCUT2D eigenvalue weighted by Crippen LogP contribution is -2.55. The third kappa shape index (κ3) is 4.34. The minimum Gasteiger partial charge on any atom is -0.353 e. The molecule has 0 aromatic heterocycles. The zero-order valence-corrected chi connectivity index (χ0v) is 10.6. The summed E-state index contributed by atoms with van der Waals surface area (Å²) < 4.78 is 0. The first kappa shape index (κ1) is 14.0. The molecule has 5 heteroatoms. The van der Waals surface area contributed by atoms with Gasteiger partial charge in [0.2, 0.25) is 11.8 Å². The van der Waals surface area contributed by atoms with Crippen molar-refractivity contribution in [3.8, 4) is 0 Å². The number of nitrogens with two attached hydrogens (primary N) is 1. The van der Waals surface area contributed by atoms with Crippen LogP contribution in [0.2, 0.25) is 0 Å². The van der Waals surface area contributed by atoms with E-state index in [1.807, 2.05) is 0 Å². The van der Waals surface area contributed by atoms with E-state index in [0.717, 1.165) is 32.2 Å². The number of hydrogen-bond donors (Lipinski definition) is 2. The van der Waals surface area contributed by atoms with Gasteiger partial charge in [0, 0.05) is 19.5 Å². The smallest absolute Gasteiger partial charge is 0.242 e. The molecule has 5 nitrogen and oxygen atoms in total. The van der Waals surface area contributed by atoms with Gasteiger partial charge in [-0.1, -0.05) is 12.8 Å². The van der Waals surface area contributed by atoms with Gasteiger partial charge in [-0.05, 0) is 26.3 Å². The van der Waals surface area contributed by atoms with Crippen molar-refractivity contribution in [2.75, 3.05) is 19.6 Å². The quantitative estimate of drug-likeness (QED) is 0.654. The Morgan fingerprint density at radius 3 is 2.82 bits per heavy atom. The summed E-state index contributed by atoms with van der Waals surface area (Å²) in [5.74, 6) is 0.0489. The number of amides is 2. The Morgan fingerprint density at radius 1 is 1.41 bits per heavy atom. The maximum absolute atomic E-state index is 11.9. The molecule has 1 saturated heterocycles. The second-order valence-electron chi connectivity index (χ2n) is 4.51. The Labute approximate surface area is 103 Å². The van der Waals surface area contributed by atoms with Gasteiger partial charge in [-0.3, -0.25) is 9.59 Å². The number of carbonyl (C=O) groups excluding carboxylic acids is 2. The molecule has 3 N–H and O–H groups in total. The number of carbonyl (C=O) groups is 2. The summed E-state index contributed by atoms with van der Waals surface area (Å²) in [6, 6.07) is -0.319. The van der Waals surface area contributed by atoms with Crippen molar-refractivity contribution in [2.45, 2.75) is 45.1 Å². The molecular weight excluding hydrogens is 218 g/mol. The topological polar surface area (TPSA) is 75.4 Å². The van der Waals surface area contributed by atoms with Gasteiger partial charge in [-0.2, -0.15) is 0 Å². The van der Waals surface area contributed by atoms with Crippen molar-refractivity contribution in [3.63, 3.8) is 0 Å². The van der Waals surface area contributed by atoms with E-state index in [4.69, 9.17) is 5.73 Å². The molecule has 2 amide bonds. The molecule has 0 bridgehead atoms.